The van der Waals surface area contributed by atoms with Gasteiger partial charge in [0.05, 0.1) is 22.7 Å². The molecule has 0 unspecified atom stereocenters. The third-order valence-corrected chi connectivity index (χ3v) is 15.8. The van der Waals surface area contributed by atoms with Gasteiger partial charge < -0.3 is 18.6 Å². The zero-order chi connectivity index (χ0) is 50.7. The van der Waals surface area contributed by atoms with Crippen molar-refractivity contribution in [2.24, 2.45) is 0 Å². The van der Waals surface area contributed by atoms with Crippen LogP contribution in [0.4, 0.5) is 34.1 Å². The van der Waals surface area contributed by atoms with E-state index in [1.165, 1.54) is 43.8 Å². The van der Waals surface area contributed by atoms with Crippen molar-refractivity contribution < 1.29 is 8.83 Å². The number of anilines is 6. The Morgan fingerprint density at radius 1 is 0.303 bits per heavy atom. The van der Waals surface area contributed by atoms with Gasteiger partial charge in [0.25, 0.3) is 0 Å². The number of para-hydroxylation sites is 4. The molecule has 0 aliphatic rings. The lowest BCUT2D eigenvalue weighted by atomic mass is 9.91. The second-order valence-corrected chi connectivity index (χ2v) is 20.4. The molecule has 12 aromatic carbocycles. The third kappa shape index (κ3) is 7.58. The molecule has 4 heteroatoms. The van der Waals surface area contributed by atoms with Crippen molar-refractivity contribution in [3.8, 4) is 22.3 Å². The zero-order valence-electron chi connectivity index (χ0n) is 42.9. The lowest BCUT2D eigenvalue weighted by molar-refractivity contribution is 0.658. The fourth-order valence-electron chi connectivity index (χ4n) is 12.1. The van der Waals surface area contributed by atoms with E-state index in [9.17, 15) is 0 Å². The maximum absolute atomic E-state index is 7.16. The van der Waals surface area contributed by atoms with Crippen LogP contribution in [-0.4, -0.2) is 0 Å². The summed E-state index contributed by atoms with van der Waals surface area (Å²) >= 11 is 0. The van der Waals surface area contributed by atoms with E-state index in [-0.39, 0.29) is 0 Å². The molecule has 0 fully saturated rings. The first-order valence-corrected chi connectivity index (χ1v) is 27.1. The van der Waals surface area contributed by atoms with Crippen LogP contribution in [0.3, 0.4) is 0 Å². The van der Waals surface area contributed by atoms with Crippen molar-refractivity contribution in [2.45, 2.75) is 52.4 Å². The van der Waals surface area contributed by atoms with Crippen LogP contribution in [0.25, 0.3) is 98.4 Å². The van der Waals surface area contributed by atoms with Gasteiger partial charge in [0, 0.05) is 43.7 Å². The molecule has 0 atom stereocenters. The lowest BCUT2D eigenvalue weighted by Crippen LogP contribution is -2.12. The van der Waals surface area contributed by atoms with Gasteiger partial charge in [-0.25, -0.2) is 0 Å². The summed E-state index contributed by atoms with van der Waals surface area (Å²) in [5.41, 5.74) is 17.1. The molecule has 0 aliphatic carbocycles. The Morgan fingerprint density at radius 2 is 0.684 bits per heavy atom. The van der Waals surface area contributed by atoms with Crippen molar-refractivity contribution in [1.29, 1.82) is 0 Å². The number of nitrogens with zero attached hydrogens (tertiary/aromatic N) is 2. The van der Waals surface area contributed by atoms with Crippen LogP contribution in [0.15, 0.2) is 239 Å². The largest absolute Gasteiger partial charge is 0.454 e. The molecule has 76 heavy (non-hydrogen) atoms. The van der Waals surface area contributed by atoms with Crippen LogP contribution >= 0.6 is 0 Å². The molecule has 0 saturated heterocycles. The van der Waals surface area contributed by atoms with Gasteiger partial charge in [0.15, 0.2) is 11.2 Å². The van der Waals surface area contributed by atoms with E-state index < -0.39 is 0 Å². The average Bonchev–Trinajstić information content (AvgIpc) is 4.08. The summed E-state index contributed by atoms with van der Waals surface area (Å²) < 4.78 is 14.3. The molecule has 2 heterocycles. The van der Waals surface area contributed by atoms with Crippen molar-refractivity contribution in [2.75, 3.05) is 9.80 Å². The second-order valence-electron chi connectivity index (χ2n) is 20.4. The molecule has 0 N–H and O–H groups in total. The molecule has 0 saturated carbocycles. The summed E-state index contributed by atoms with van der Waals surface area (Å²) in [6.07, 6.45) is 6.43. The Morgan fingerprint density at radius 3 is 1.12 bits per heavy atom. The Bertz CT molecular complexity index is 4170. The summed E-state index contributed by atoms with van der Waals surface area (Å²) in [5.74, 6) is 0. The third-order valence-electron chi connectivity index (χ3n) is 15.8. The van der Waals surface area contributed by atoms with Gasteiger partial charge in [-0.2, -0.15) is 0 Å². The maximum atomic E-state index is 7.16. The highest BCUT2D eigenvalue weighted by atomic mass is 16.3. The van der Waals surface area contributed by atoms with E-state index in [1.54, 1.807) is 0 Å². The van der Waals surface area contributed by atoms with Crippen molar-refractivity contribution in [3.05, 3.63) is 242 Å². The molecular formula is C72H56N2O2. The molecular weight excluding hydrogens is 925 g/mol. The van der Waals surface area contributed by atoms with Crippen molar-refractivity contribution >= 4 is 110 Å². The van der Waals surface area contributed by atoms with Crippen LogP contribution in [0, 0.1) is 0 Å². The summed E-state index contributed by atoms with van der Waals surface area (Å²) in [6.45, 7) is 4.51. The lowest BCUT2D eigenvalue weighted by Gasteiger charge is -2.29. The molecule has 366 valence electrons. The van der Waals surface area contributed by atoms with Gasteiger partial charge >= 0.3 is 0 Å². The summed E-state index contributed by atoms with van der Waals surface area (Å²) in [6, 6.07) is 84.4. The van der Waals surface area contributed by atoms with E-state index >= 15 is 0 Å². The minimum atomic E-state index is 0.880. The Kier molecular flexibility index (Phi) is 11.4. The fourth-order valence-corrected chi connectivity index (χ4v) is 12.1. The first-order valence-electron chi connectivity index (χ1n) is 27.1. The molecule has 0 spiro atoms. The topological polar surface area (TPSA) is 32.8 Å². The van der Waals surface area contributed by atoms with Gasteiger partial charge in [-0.1, -0.05) is 209 Å². The molecule has 14 aromatic rings. The summed E-state index contributed by atoms with van der Waals surface area (Å²) in [4.78, 5) is 4.88. The quantitative estimate of drug-likeness (QED) is 0.102. The van der Waals surface area contributed by atoms with E-state index in [4.69, 9.17) is 8.83 Å². The SMILES string of the molecule is CCCCc1cccc2c1oc1c(N(c3cccc(-c4ccccc4)c3)c3ccc4ccc5c(N(c6cccc(-c7ccccc7)c6)c6cccc7c6oc6c(CCCC)cccc67)ccc6ccc3c4c65)cccc12. The number of fused-ring (bicyclic) bond motifs is 6. The van der Waals surface area contributed by atoms with E-state index in [0.29, 0.717) is 0 Å². The zero-order valence-corrected chi connectivity index (χ0v) is 42.9. The molecule has 0 amide bonds. The minimum absolute atomic E-state index is 0.880. The van der Waals surface area contributed by atoms with Crippen LogP contribution < -0.4 is 9.80 Å². The molecule has 4 nitrogen and oxygen atoms in total. The Balaban J connectivity index is 1.02. The average molecular weight is 981 g/mol. The number of benzene rings is 12. The summed E-state index contributed by atoms with van der Waals surface area (Å²) in [5, 5.41) is 11.7. The van der Waals surface area contributed by atoms with E-state index in [2.05, 4.69) is 254 Å². The predicted molar refractivity (Wildman–Crippen MR) is 322 cm³/mol. The molecule has 2 aromatic heterocycles. The number of hydrogen-bond donors (Lipinski definition) is 0. The maximum Gasteiger partial charge on any atom is 0.159 e. The first kappa shape index (κ1) is 45.5. The number of aryl methyl sites for hydroxylation is 2. The highest BCUT2D eigenvalue weighted by Gasteiger charge is 2.27. The van der Waals surface area contributed by atoms with Gasteiger partial charge in [0.2, 0.25) is 0 Å². The van der Waals surface area contributed by atoms with Gasteiger partial charge in [-0.15, -0.1) is 0 Å². The van der Waals surface area contributed by atoms with Crippen molar-refractivity contribution in [3.63, 3.8) is 0 Å². The second kappa shape index (κ2) is 19.0. The van der Waals surface area contributed by atoms with Crippen LogP contribution in [-0.2, 0) is 12.8 Å². The molecule has 0 bridgehead atoms. The Labute approximate surface area is 443 Å². The van der Waals surface area contributed by atoms with E-state index in [0.717, 1.165) is 138 Å². The number of rotatable bonds is 14. The number of unbranched alkanes of at least 4 members (excludes halogenated alkanes) is 2. The fraction of sp³-hybridized carbons (Fsp3) is 0.111. The van der Waals surface area contributed by atoms with Crippen molar-refractivity contribution in [1.82, 2.24) is 0 Å². The molecule has 0 aliphatic heterocycles. The molecule has 0 radical (unpaired) electrons. The van der Waals surface area contributed by atoms with Crippen LogP contribution in [0.2, 0.25) is 0 Å². The van der Waals surface area contributed by atoms with Gasteiger partial charge in [-0.3, -0.25) is 0 Å². The molecule has 14 rings (SSSR count). The normalized spacial score (nSPS) is 11.9. The van der Waals surface area contributed by atoms with Crippen LogP contribution in [0.5, 0.6) is 0 Å². The van der Waals surface area contributed by atoms with Crippen LogP contribution in [0.1, 0.15) is 50.7 Å². The monoisotopic (exact) mass is 980 g/mol. The predicted octanol–water partition coefficient (Wildman–Crippen LogP) is 21.3. The highest BCUT2D eigenvalue weighted by Crippen LogP contribution is 2.51. The number of hydrogen-bond acceptors (Lipinski definition) is 4. The summed E-state index contributed by atoms with van der Waals surface area (Å²) in [7, 11) is 0. The highest BCUT2D eigenvalue weighted by molar-refractivity contribution is 6.29. The van der Waals surface area contributed by atoms with E-state index in [1.807, 2.05) is 0 Å². The minimum Gasteiger partial charge on any atom is -0.454 e. The number of furan rings is 2. The van der Waals surface area contributed by atoms with Gasteiger partial charge in [0.1, 0.15) is 11.2 Å². The smallest absolute Gasteiger partial charge is 0.159 e. The van der Waals surface area contributed by atoms with Gasteiger partial charge in [-0.05, 0) is 129 Å². The Hall–Kier alpha value is -9.12. The first-order chi connectivity index (χ1) is 37.6. The standard InChI is InChI=1S/C72H56N2O2/c1-3-5-19-51-25-15-31-57-59-33-17-35-65(71(59)75-69(51)57)73(55-29-13-27-53(45-55)47-21-9-7-10-22-47)63-43-39-49-38-42-62-64(44-40-50-37-41-61(63)67(49)68(50)62)74(56-30-14-28-54(46-56)48-23-11-8-12-24-48)66-36-18-34-60-58-32-16-26-52(20-6-4-2)70(58)76-72(60)66/h7-18,21-46H,3-6,19-20H2,1-2H3.